The van der Waals surface area contributed by atoms with E-state index in [0.717, 1.165) is 0 Å². The maximum absolute atomic E-state index is 14.5. The summed E-state index contributed by atoms with van der Waals surface area (Å²) in [5.41, 5.74) is 11.9. The van der Waals surface area contributed by atoms with Gasteiger partial charge in [0.1, 0.15) is 48.0 Å². The van der Waals surface area contributed by atoms with Gasteiger partial charge < -0.3 is 68.8 Å². The maximum Gasteiger partial charge on any atom is 0.326 e. The number of aromatic hydroxyl groups is 1. The smallest absolute Gasteiger partial charge is 0.326 e. The van der Waals surface area contributed by atoms with Crippen molar-refractivity contribution in [3.05, 3.63) is 48.0 Å². The van der Waals surface area contributed by atoms with E-state index in [1.54, 1.807) is 46.9 Å². The van der Waals surface area contributed by atoms with Crippen LogP contribution in [-0.2, 0) is 51.2 Å². The Morgan fingerprint density at radius 1 is 0.797 bits per heavy atom. The van der Waals surface area contributed by atoms with Gasteiger partial charge in [0.25, 0.3) is 0 Å². The number of guanidine groups is 1. The zero-order valence-corrected chi connectivity index (χ0v) is 40.7. The van der Waals surface area contributed by atoms with E-state index < -0.39 is 101 Å². The van der Waals surface area contributed by atoms with E-state index in [9.17, 15) is 48.6 Å². The SMILES string of the molecule is CC[C@H](C)[C@H](NC(=O)[C@@H]1CCCN1C(=O)[C@H](Cc1cnc[nH]1)NC(=O)[C@@H](NC(=O)[C@H](Cc1ccc(O)cc1)NC(=O)[C@H](NC(=O)[C@H](CCCN=C(N)N)NC(=O)CNC)C(C)C)[C@@H](C)CC)C(=O)O. The van der Waals surface area contributed by atoms with E-state index in [1.807, 2.05) is 13.8 Å². The standard InChI is InChI=1S/C46H73N13O10/c1-8-26(5)37(43(66)55-33(21-29-22-50-24-52-29)44(67)59-19-11-13-34(59)41(64)58-38(45(68)69)27(6)9-2)57-40(63)32(20-28-14-16-30(60)17-15-28)54-42(65)36(25(3)4)56-39(62)31(53-35(61)23-49-7)12-10-18-51-46(47)48/h14-17,22,24-27,31-34,36-38,49,60H,8-13,18-21,23H2,1-7H3,(H,50,52)(H,53,61)(H,54,65)(H,55,66)(H,56,62)(H,57,63)(H,58,64)(H,68,69)(H4,47,48,51)/t26-,27-,31-,32-,33-,34-,36+,37-,38-/m0/s1. The van der Waals surface area contributed by atoms with Crippen molar-refractivity contribution >= 4 is 53.3 Å². The normalized spacial score (nSPS) is 16.9. The van der Waals surface area contributed by atoms with Gasteiger partial charge in [0, 0.05) is 37.8 Å². The average molecular weight is 968 g/mol. The average Bonchev–Trinajstić information content (AvgIpc) is 4.02. The Kier molecular flexibility index (Phi) is 22.9. The first-order chi connectivity index (χ1) is 32.7. The van der Waals surface area contributed by atoms with E-state index in [2.05, 4.69) is 52.2 Å². The summed E-state index contributed by atoms with van der Waals surface area (Å²) in [6.45, 7) is 10.7. The number of amides is 7. The zero-order valence-electron chi connectivity index (χ0n) is 40.7. The molecule has 3 rings (SSSR count). The summed E-state index contributed by atoms with van der Waals surface area (Å²) in [5.74, 6) is -7.40. The highest BCUT2D eigenvalue weighted by Gasteiger charge is 2.41. The molecule has 1 saturated heterocycles. The fraction of sp³-hybridized carbons (Fsp3) is 0.609. The van der Waals surface area contributed by atoms with Crippen LogP contribution in [0.3, 0.4) is 0 Å². The van der Waals surface area contributed by atoms with Gasteiger partial charge in [-0.2, -0.15) is 0 Å². The number of hydrogen-bond donors (Lipinski definition) is 12. The van der Waals surface area contributed by atoms with Crippen molar-refractivity contribution in [1.29, 1.82) is 0 Å². The summed E-state index contributed by atoms with van der Waals surface area (Å²) in [4.78, 5) is 122. The van der Waals surface area contributed by atoms with Crippen molar-refractivity contribution in [3.63, 3.8) is 0 Å². The van der Waals surface area contributed by atoms with Crippen LogP contribution in [0, 0.1) is 17.8 Å². The molecule has 7 amide bonds. The monoisotopic (exact) mass is 968 g/mol. The van der Waals surface area contributed by atoms with Crippen molar-refractivity contribution in [2.45, 2.75) is 135 Å². The van der Waals surface area contributed by atoms with Gasteiger partial charge in [-0.05, 0) is 68.2 Å². The zero-order chi connectivity index (χ0) is 51.4. The number of aliphatic carboxylic acids is 1. The Morgan fingerprint density at radius 2 is 1.41 bits per heavy atom. The van der Waals surface area contributed by atoms with Crippen LogP contribution in [0.2, 0.25) is 0 Å². The largest absolute Gasteiger partial charge is 0.508 e. The number of likely N-dealkylation sites (N-methyl/N-ethyl adjacent to an activating group) is 1. The molecule has 0 saturated carbocycles. The lowest BCUT2D eigenvalue weighted by Gasteiger charge is -2.32. The first-order valence-corrected chi connectivity index (χ1v) is 23.5. The van der Waals surface area contributed by atoms with Crippen molar-refractivity contribution in [3.8, 4) is 5.75 Å². The van der Waals surface area contributed by atoms with Crippen LogP contribution >= 0.6 is 0 Å². The van der Waals surface area contributed by atoms with Crippen molar-refractivity contribution in [2.75, 3.05) is 26.7 Å². The molecule has 1 aliphatic heterocycles. The second-order valence-electron chi connectivity index (χ2n) is 17.9. The van der Waals surface area contributed by atoms with E-state index in [4.69, 9.17) is 11.5 Å². The third-order valence-corrected chi connectivity index (χ3v) is 12.2. The van der Waals surface area contributed by atoms with Gasteiger partial charge in [0.2, 0.25) is 41.4 Å². The molecule has 2 aromatic rings. The van der Waals surface area contributed by atoms with E-state index >= 15 is 0 Å². The molecule has 0 aliphatic carbocycles. The predicted octanol–water partition coefficient (Wildman–Crippen LogP) is -1.09. The quantitative estimate of drug-likeness (QED) is 0.0274. The first-order valence-electron chi connectivity index (χ1n) is 23.5. The number of nitrogens with two attached hydrogens (primary N) is 2. The number of nitrogens with zero attached hydrogens (tertiary/aromatic N) is 3. The summed E-state index contributed by atoms with van der Waals surface area (Å²) in [7, 11) is 1.57. The van der Waals surface area contributed by atoms with Crippen LogP contribution in [0.25, 0.3) is 0 Å². The van der Waals surface area contributed by atoms with Gasteiger partial charge in [0.05, 0.1) is 12.9 Å². The molecule has 14 N–H and O–H groups in total. The minimum absolute atomic E-state index is 0.0369. The van der Waals surface area contributed by atoms with Crippen LogP contribution in [0.15, 0.2) is 41.8 Å². The fourth-order valence-electron chi connectivity index (χ4n) is 7.77. The van der Waals surface area contributed by atoms with Gasteiger partial charge in [-0.1, -0.05) is 66.5 Å². The third-order valence-electron chi connectivity index (χ3n) is 12.2. The summed E-state index contributed by atoms with van der Waals surface area (Å²) in [6.07, 6.45) is 4.75. The Morgan fingerprint density at radius 3 is 1.99 bits per heavy atom. The topological polar surface area (TPSA) is 358 Å². The molecule has 1 fully saturated rings. The number of rotatable bonds is 28. The van der Waals surface area contributed by atoms with Gasteiger partial charge in [0.15, 0.2) is 5.96 Å². The van der Waals surface area contributed by atoms with Crippen LogP contribution in [-0.4, -0.2) is 147 Å². The first kappa shape index (κ1) is 56.5. The highest BCUT2D eigenvalue weighted by molar-refractivity contribution is 5.98. The van der Waals surface area contributed by atoms with Crippen LogP contribution in [0.4, 0.5) is 0 Å². The molecule has 69 heavy (non-hydrogen) atoms. The number of carbonyl (C=O) groups is 8. The number of aliphatic imine (C=N–C) groups is 1. The number of benzene rings is 1. The number of aromatic nitrogens is 2. The lowest BCUT2D eigenvalue weighted by molar-refractivity contribution is -0.146. The van der Waals surface area contributed by atoms with Crippen LogP contribution < -0.4 is 48.7 Å². The molecule has 23 nitrogen and oxygen atoms in total. The highest BCUT2D eigenvalue weighted by Crippen LogP contribution is 2.22. The lowest BCUT2D eigenvalue weighted by Crippen LogP contribution is -2.62. The van der Waals surface area contributed by atoms with E-state index in [-0.39, 0.29) is 62.9 Å². The number of imidazole rings is 1. The van der Waals surface area contributed by atoms with E-state index in [1.165, 1.54) is 29.6 Å². The molecule has 23 heteroatoms. The lowest BCUT2D eigenvalue weighted by atomic mass is 9.96. The number of nitrogens with one attached hydrogen (secondary N) is 8. The number of carboxylic acid groups (broad SMARTS) is 1. The second kappa shape index (κ2) is 27.9. The molecule has 382 valence electrons. The molecule has 9 atom stereocenters. The third kappa shape index (κ3) is 17.7. The van der Waals surface area contributed by atoms with Crippen LogP contribution in [0.1, 0.15) is 91.3 Å². The fourth-order valence-corrected chi connectivity index (χ4v) is 7.77. The summed E-state index contributed by atoms with van der Waals surface area (Å²) < 4.78 is 0. The Labute approximate surface area is 402 Å². The number of carbonyl (C=O) groups excluding carboxylic acids is 7. The highest BCUT2D eigenvalue weighted by atomic mass is 16.4. The number of phenolic OH excluding ortho intramolecular Hbond substituents is 1. The number of hydrogen-bond acceptors (Lipinski definition) is 12. The van der Waals surface area contributed by atoms with Gasteiger partial charge >= 0.3 is 5.97 Å². The predicted molar refractivity (Wildman–Crippen MR) is 256 cm³/mol. The van der Waals surface area contributed by atoms with Crippen molar-refractivity contribution in [2.24, 2.45) is 34.2 Å². The summed E-state index contributed by atoms with van der Waals surface area (Å²) in [5, 5.41) is 38.9. The molecule has 0 radical (unpaired) electrons. The Hall–Kier alpha value is -6.78. The molecule has 1 aliphatic rings. The minimum Gasteiger partial charge on any atom is -0.508 e. The molecular weight excluding hydrogens is 895 g/mol. The number of aromatic amines is 1. The molecule has 2 heterocycles. The molecule has 1 aromatic heterocycles. The number of phenols is 1. The molecule has 0 unspecified atom stereocenters. The Bertz CT molecular complexity index is 2060. The summed E-state index contributed by atoms with van der Waals surface area (Å²) in [6, 6.07) is -2.38. The Balaban J connectivity index is 1.92. The van der Waals surface area contributed by atoms with E-state index in [0.29, 0.717) is 36.9 Å². The molecule has 0 spiro atoms. The van der Waals surface area contributed by atoms with Crippen molar-refractivity contribution < 1.29 is 48.6 Å². The van der Waals surface area contributed by atoms with Gasteiger partial charge in [-0.3, -0.25) is 38.6 Å². The number of H-pyrrole nitrogens is 1. The van der Waals surface area contributed by atoms with Crippen LogP contribution in [0.5, 0.6) is 5.75 Å². The molecular formula is C46H73N13O10. The summed E-state index contributed by atoms with van der Waals surface area (Å²) >= 11 is 0. The maximum atomic E-state index is 14.5. The van der Waals surface area contributed by atoms with Gasteiger partial charge in [-0.25, -0.2) is 9.78 Å². The minimum atomic E-state index is -1.35. The molecule has 0 bridgehead atoms. The van der Waals surface area contributed by atoms with Gasteiger partial charge in [-0.15, -0.1) is 0 Å². The number of carboxylic acids is 1. The van der Waals surface area contributed by atoms with Crippen molar-refractivity contribution in [1.82, 2.24) is 52.1 Å². The second-order valence-corrected chi connectivity index (χ2v) is 17.9. The number of likely N-dealkylation sites (tertiary alicyclic amines) is 1. The molecule has 1 aromatic carbocycles.